The van der Waals surface area contributed by atoms with Crippen molar-refractivity contribution in [1.29, 1.82) is 0 Å². The number of hydrogen-bond acceptors (Lipinski definition) is 2. The highest BCUT2D eigenvalue weighted by molar-refractivity contribution is 8.00. The van der Waals surface area contributed by atoms with E-state index in [0.717, 1.165) is 4.90 Å². The zero-order chi connectivity index (χ0) is 14.6. The van der Waals surface area contributed by atoms with Gasteiger partial charge in [-0.25, -0.2) is 0 Å². The Labute approximate surface area is 121 Å². The molecule has 0 aliphatic heterocycles. The quantitative estimate of drug-likeness (QED) is 0.837. The summed E-state index contributed by atoms with van der Waals surface area (Å²) in [5.41, 5.74) is 1.16. The first-order valence-corrected chi connectivity index (χ1v) is 7.65. The lowest BCUT2D eigenvalue weighted by atomic mass is 10.0. The predicted octanol–water partition coefficient (Wildman–Crippen LogP) is 4.21. The van der Waals surface area contributed by atoms with E-state index < -0.39 is 0 Å². The third-order valence-electron chi connectivity index (χ3n) is 2.73. The average Bonchev–Trinajstić information content (AvgIpc) is 2.27. The molecule has 1 unspecified atom stereocenters. The Balaban J connectivity index is 2.61. The molecule has 0 saturated heterocycles. The van der Waals surface area contributed by atoms with Crippen LogP contribution in [0.25, 0.3) is 0 Å². The maximum atomic E-state index is 12.0. The van der Waals surface area contributed by atoms with Gasteiger partial charge in [-0.05, 0) is 51.3 Å². The Morgan fingerprint density at radius 1 is 1.11 bits per heavy atom. The maximum absolute atomic E-state index is 12.0. The second-order valence-corrected chi connectivity index (χ2v) is 7.64. The highest BCUT2D eigenvalue weighted by Gasteiger charge is 2.19. The maximum Gasteiger partial charge on any atom is 0.233 e. The second kappa shape index (κ2) is 6.47. The van der Waals surface area contributed by atoms with Crippen LogP contribution < -0.4 is 5.32 Å². The SMILES string of the molecule is CC(Sc1ccc(C(C)C)cc1)C(=O)NC(C)(C)C. The summed E-state index contributed by atoms with van der Waals surface area (Å²) in [5.74, 6) is 0.631. The van der Waals surface area contributed by atoms with Gasteiger partial charge in [-0.15, -0.1) is 11.8 Å². The first-order chi connectivity index (χ1) is 8.69. The van der Waals surface area contributed by atoms with Gasteiger partial charge < -0.3 is 5.32 Å². The topological polar surface area (TPSA) is 29.1 Å². The van der Waals surface area contributed by atoms with Crippen molar-refractivity contribution in [1.82, 2.24) is 5.32 Å². The van der Waals surface area contributed by atoms with Crippen LogP contribution in [-0.2, 0) is 4.79 Å². The molecule has 3 heteroatoms. The lowest BCUT2D eigenvalue weighted by molar-refractivity contribution is -0.121. The number of thioether (sulfide) groups is 1. The van der Waals surface area contributed by atoms with E-state index in [1.807, 2.05) is 27.7 Å². The largest absolute Gasteiger partial charge is 0.351 e. The lowest BCUT2D eigenvalue weighted by Gasteiger charge is -2.23. The van der Waals surface area contributed by atoms with Crippen LogP contribution in [-0.4, -0.2) is 16.7 Å². The fourth-order valence-corrected chi connectivity index (χ4v) is 2.53. The molecule has 1 rings (SSSR count). The number of hydrogen-bond donors (Lipinski definition) is 1. The van der Waals surface area contributed by atoms with E-state index >= 15 is 0 Å². The normalized spacial score (nSPS) is 13.4. The number of carbonyl (C=O) groups is 1. The molecule has 0 aliphatic carbocycles. The van der Waals surface area contributed by atoms with Crippen molar-refractivity contribution in [2.75, 3.05) is 0 Å². The molecule has 0 saturated carbocycles. The molecule has 1 amide bonds. The van der Waals surface area contributed by atoms with Gasteiger partial charge in [0.1, 0.15) is 0 Å². The van der Waals surface area contributed by atoms with Crippen LogP contribution >= 0.6 is 11.8 Å². The molecule has 106 valence electrons. The molecule has 0 aliphatic rings. The summed E-state index contributed by atoms with van der Waals surface area (Å²) in [6.45, 7) is 12.3. The summed E-state index contributed by atoms with van der Waals surface area (Å²) in [7, 11) is 0. The van der Waals surface area contributed by atoms with Crippen molar-refractivity contribution in [3.05, 3.63) is 29.8 Å². The molecular formula is C16H25NOS. The number of amides is 1. The van der Waals surface area contributed by atoms with Gasteiger partial charge in [-0.2, -0.15) is 0 Å². The van der Waals surface area contributed by atoms with Gasteiger partial charge >= 0.3 is 0 Å². The van der Waals surface area contributed by atoms with Gasteiger partial charge in [0.15, 0.2) is 0 Å². The van der Waals surface area contributed by atoms with E-state index in [-0.39, 0.29) is 16.7 Å². The summed E-state index contributed by atoms with van der Waals surface area (Å²) in [4.78, 5) is 13.1. The summed E-state index contributed by atoms with van der Waals surface area (Å²) in [5, 5.41) is 2.93. The number of rotatable bonds is 4. The Kier molecular flexibility index (Phi) is 5.48. The standard InChI is InChI=1S/C16H25NOS/c1-11(2)13-7-9-14(10-8-13)19-12(3)15(18)17-16(4,5)6/h7-12H,1-6H3,(H,17,18). The number of benzene rings is 1. The van der Waals surface area contributed by atoms with E-state index in [2.05, 4.69) is 43.4 Å². The molecule has 2 nitrogen and oxygen atoms in total. The summed E-state index contributed by atoms with van der Waals surface area (Å²) in [6.07, 6.45) is 0. The summed E-state index contributed by atoms with van der Waals surface area (Å²) < 4.78 is 0. The van der Waals surface area contributed by atoms with E-state index in [1.165, 1.54) is 5.56 Å². The molecule has 0 heterocycles. The molecule has 0 bridgehead atoms. The van der Waals surface area contributed by atoms with Crippen molar-refractivity contribution in [3.8, 4) is 0 Å². The van der Waals surface area contributed by atoms with Crippen LogP contribution in [0.5, 0.6) is 0 Å². The van der Waals surface area contributed by atoms with Crippen molar-refractivity contribution in [2.24, 2.45) is 0 Å². The molecule has 0 fully saturated rings. The van der Waals surface area contributed by atoms with Crippen molar-refractivity contribution in [3.63, 3.8) is 0 Å². The van der Waals surface area contributed by atoms with Crippen LogP contribution in [0.3, 0.4) is 0 Å². The van der Waals surface area contributed by atoms with E-state index in [9.17, 15) is 4.79 Å². The van der Waals surface area contributed by atoms with Gasteiger partial charge in [0.2, 0.25) is 5.91 Å². The molecule has 19 heavy (non-hydrogen) atoms. The Hall–Kier alpha value is -0.960. The van der Waals surface area contributed by atoms with Gasteiger partial charge in [0, 0.05) is 10.4 Å². The van der Waals surface area contributed by atoms with Crippen molar-refractivity contribution < 1.29 is 4.79 Å². The first-order valence-electron chi connectivity index (χ1n) is 6.77. The molecule has 1 aromatic carbocycles. The van der Waals surface area contributed by atoms with E-state index in [0.29, 0.717) is 5.92 Å². The average molecular weight is 279 g/mol. The minimum Gasteiger partial charge on any atom is -0.351 e. The number of carbonyl (C=O) groups excluding carboxylic acids is 1. The molecule has 0 aromatic heterocycles. The fourth-order valence-electron chi connectivity index (χ4n) is 1.66. The zero-order valence-electron chi connectivity index (χ0n) is 12.8. The molecule has 0 radical (unpaired) electrons. The zero-order valence-corrected chi connectivity index (χ0v) is 13.6. The van der Waals surface area contributed by atoms with Crippen LogP contribution in [0.4, 0.5) is 0 Å². The molecule has 1 N–H and O–H groups in total. The van der Waals surface area contributed by atoms with Crippen molar-refractivity contribution >= 4 is 17.7 Å². The molecular weight excluding hydrogens is 254 g/mol. The molecule has 1 aromatic rings. The van der Waals surface area contributed by atoms with E-state index in [1.54, 1.807) is 11.8 Å². The van der Waals surface area contributed by atoms with Gasteiger partial charge in [0.25, 0.3) is 0 Å². The van der Waals surface area contributed by atoms with Gasteiger partial charge in [-0.1, -0.05) is 26.0 Å². The minimum absolute atomic E-state index is 0.0795. The van der Waals surface area contributed by atoms with Gasteiger partial charge in [-0.3, -0.25) is 4.79 Å². The van der Waals surface area contributed by atoms with Gasteiger partial charge in [0.05, 0.1) is 5.25 Å². The molecule has 0 spiro atoms. The van der Waals surface area contributed by atoms with Crippen LogP contribution in [0.2, 0.25) is 0 Å². The highest BCUT2D eigenvalue weighted by atomic mass is 32.2. The van der Waals surface area contributed by atoms with Crippen molar-refractivity contribution in [2.45, 2.75) is 63.1 Å². The highest BCUT2D eigenvalue weighted by Crippen LogP contribution is 2.25. The third kappa shape index (κ3) is 5.68. The Bertz CT molecular complexity index is 417. The predicted molar refractivity (Wildman–Crippen MR) is 83.7 cm³/mol. The Morgan fingerprint density at radius 2 is 1.63 bits per heavy atom. The minimum atomic E-state index is -0.173. The monoisotopic (exact) mass is 279 g/mol. The number of nitrogens with one attached hydrogen (secondary N) is 1. The first kappa shape index (κ1) is 16.1. The fraction of sp³-hybridized carbons (Fsp3) is 0.562. The second-order valence-electron chi connectivity index (χ2n) is 6.22. The van der Waals surface area contributed by atoms with Crippen LogP contribution in [0, 0.1) is 0 Å². The third-order valence-corrected chi connectivity index (χ3v) is 3.84. The Morgan fingerprint density at radius 3 is 2.05 bits per heavy atom. The molecule has 1 atom stereocenters. The lowest BCUT2D eigenvalue weighted by Crippen LogP contribution is -2.44. The smallest absolute Gasteiger partial charge is 0.233 e. The summed E-state index contributed by atoms with van der Waals surface area (Å²) >= 11 is 1.60. The van der Waals surface area contributed by atoms with Crippen LogP contribution in [0.1, 0.15) is 53.0 Å². The summed E-state index contributed by atoms with van der Waals surface area (Å²) in [6, 6.07) is 8.48. The van der Waals surface area contributed by atoms with Crippen LogP contribution in [0.15, 0.2) is 29.2 Å². The van der Waals surface area contributed by atoms with E-state index in [4.69, 9.17) is 0 Å².